The molecule has 2 rings (SSSR count). The van der Waals surface area contributed by atoms with Crippen LogP contribution in [0.3, 0.4) is 0 Å². The van der Waals surface area contributed by atoms with Gasteiger partial charge in [-0.2, -0.15) is 0 Å². The zero-order valence-electron chi connectivity index (χ0n) is 11.8. The van der Waals surface area contributed by atoms with Crippen LogP contribution in [0.15, 0.2) is 18.2 Å². The molecule has 0 radical (unpaired) electrons. The second kappa shape index (κ2) is 6.09. The maximum atomic E-state index is 12.6. The molecule has 0 spiro atoms. The van der Waals surface area contributed by atoms with E-state index in [2.05, 4.69) is 6.92 Å². The Bertz CT molecular complexity index is 456. The number of benzene rings is 1. The van der Waals surface area contributed by atoms with E-state index < -0.39 is 0 Å². The largest absolute Gasteiger partial charge is 0.497 e. The van der Waals surface area contributed by atoms with Crippen molar-refractivity contribution in [3.8, 4) is 5.75 Å². The predicted molar refractivity (Wildman–Crippen MR) is 77.5 cm³/mol. The molecule has 3 heteroatoms. The van der Waals surface area contributed by atoms with Crippen molar-refractivity contribution in [3.63, 3.8) is 0 Å². The summed E-state index contributed by atoms with van der Waals surface area (Å²) in [5.41, 5.74) is 7.16. The number of hydrogen-bond donors (Lipinski definition) is 1. The van der Waals surface area contributed by atoms with Gasteiger partial charge in [0, 0.05) is 23.2 Å². The van der Waals surface area contributed by atoms with Gasteiger partial charge in [0.25, 0.3) is 0 Å². The molecule has 0 aromatic heterocycles. The number of nitrogens with two attached hydrogens (primary N) is 1. The van der Waals surface area contributed by atoms with Gasteiger partial charge in [-0.3, -0.25) is 4.79 Å². The molecule has 19 heavy (non-hydrogen) atoms. The van der Waals surface area contributed by atoms with Crippen LogP contribution in [0.4, 0.5) is 5.69 Å². The third-order valence-corrected chi connectivity index (χ3v) is 4.26. The van der Waals surface area contributed by atoms with Gasteiger partial charge in [-0.25, -0.2) is 0 Å². The van der Waals surface area contributed by atoms with E-state index in [9.17, 15) is 4.79 Å². The maximum absolute atomic E-state index is 12.6. The zero-order valence-corrected chi connectivity index (χ0v) is 11.8. The molecular formula is C16H23NO2. The van der Waals surface area contributed by atoms with Crippen LogP contribution < -0.4 is 10.5 Å². The number of Topliss-reactive ketones (excluding diaryl/α,β-unsaturated/α-hetero) is 1. The number of carbonyl (C=O) groups excluding carboxylic acids is 1. The molecule has 1 fully saturated rings. The fourth-order valence-electron chi connectivity index (χ4n) is 3.01. The van der Waals surface area contributed by atoms with Crippen LogP contribution in [0.25, 0.3) is 0 Å². The average Bonchev–Trinajstić information content (AvgIpc) is 2.46. The summed E-state index contributed by atoms with van der Waals surface area (Å²) in [5, 5.41) is 0. The Morgan fingerprint density at radius 3 is 2.84 bits per heavy atom. The number of ether oxygens (including phenoxy) is 1. The molecule has 104 valence electrons. The predicted octanol–water partition coefficient (Wildman–Crippen LogP) is 3.68. The van der Waals surface area contributed by atoms with Crippen LogP contribution >= 0.6 is 0 Å². The van der Waals surface area contributed by atoms with E-state index in [1.54, 1.807) is 19.2 Å². The molecule has 1 aliphatic rings. The van der Waals surface area contributed by atoms with Crippen molar-refractivity contribution >= 4 is 11.5 Å². The lowest BCUT2D eigenvalue weighted by molar-refractivity contribution is 0.0863. The first-order chi connectivity index (χ1) is 9.15. The average molecular weight is 261 g/mol. The van der Waals surface area contributed by atoms with Crippen molar-refractivity contribution in [3.05, 3.63) is 23.8 Å². The highest BCUT2D eigenvalue weighted by atomic mass is 16.5. The van der Waals surface area contributed by atoms with Crippen molar-refractivity contribution in [2.24, 2.45) is 11.8 Å². The normalized spacial score (nSPS) is 23.1. The van der Waals surface area contributed by atoms with Gasteiger partial charge in [0.1, 0.15) is 5.75 Å². The van der Waals surface area contributed by atoms with Gasteiger partial charge in [-0.1, -0.05) is 26.2 Å². The summed E-state index contributed by atoms with van der Waals surface area (Å²) >= 11 is 0. The van der Waals surface area contributed by atoms with E-state index in [-0.39, 0.29) is 11.7 Å². The lowest BCUT2D eigenvalue weighted by Crippen LogP contribution is -2.23. The molecule has 0 saturated heterocycles. The van der Waals surface area contributed by atoms with Gasteiger partial charge in [0.2, 0.25) is 0 Å². The topological polar surface area (TPSA) is 52.3 Å². The summed E-state index contributed by atoms with van der Waals surface area (Å²) in [6.45, 7) is 2.21. The Morgan fingerprint density at radius 1 is 1.42 bits per heavy atom. The third-order valence-electron chi connectivity index (χ3n) is 4.26. The van der Waals surface area contributed by atoms with Crippen LogP contribution in [0.5, 0.6) is 5.75 Å². The summed E-state index contributed by atoms with van der Waals surface area (Å²) in [4.78, 5) is 12.6. The molecule has 1 saturated carbocycles. The molecule has 2 unspecified atom stereocenters. The van der Waals surface area contributed by atoms with Gasteiger partial charge in [0.05, 0.1) is 7.11 Å². The van der Waals surface area contributed by atoms with Gasteiger partial charge in [0.15, 0.2) is 5.78 Å². The quantitative estimate of drug-likeness (QED) is 0.664. The maximum Gasteiger partial charge on any atom is 0.168 e. The fraction of sp³-hybridized carbons (Fsp3) is 0.562. The Hall–Kier alpha value is -1.51. The molecule has 1 aromatic carbocycles. The monoisotopic (exact) mass is 261 g/mol. The van der Waals surface area contributed by atoms with Crippen LogP contribution in [0, 0.1) is 11.8 Å². The molecule has 0 bridgehead atoms. The van der Waals surface area contributed by atoms with Crippen molar-refractivity contribution < 1.29 is 9.53 Å². The first kappa shape index (κ1) is 13.9. The minimum Gasteiger partial charge on any atom is -0.497 e. The number of nitrogen functional groups attached to an aromatic ring is 1. The summed E-state index contributed by atoms with van der Waals surface area (Å²) in [6.07, 6.45) is 5.60. The van der Waals surface area contributed by atoms with E-state index in [1.165, 1.54) is 12.8 Å². The first-order valence-corrected chi connectivity index (χ1v) is 7.13. The van der Waals surface area contributed by atoms with E-state index in [0.29, 0.717) is 22.9 Å². The molecule has 1 aliphatic carbocycles. The summed E-state index contributed by atoms with van der Waals surface area (Å²) in [7, 11) is 1.60. The summed E-state index contributed by atoms with van der Waals surface area (Å²) in [6, 6.07) is 5.34. The second-order valence-corrected chi connectivity index (χ2v) is 5.46. The summed E-state index contributed by atoms with van der Waals surface area (Å²) in [5.74, 6) is 1.75. The summed E-state index contributed by atoms with van der Waals surface area (Å²) < 4.78 is 5.12. The molecular weight excluding hydrogens is 238 g/mol. The van der Waals surface area contributed by atoms with Crippen molar-refractivity contribution in [2.75, 3.05) is 12.8 Å². The lowest BCUT2D eigenvalue weighted by Gasteiger charge is -2.27. The van der Waals surface area contributed by atoms with Crippen LogP contribution in [-0.2, 0) is 0 Å². The molecule has 1 aromatic rings. The Labute approximate surface area is 115 Å². The standard InChI is InChI=1S/C16H23NO2/c1-3-11-5-4-6-12(9-11)16(18)14-8-7-13(19-2)10-15(14)17/h7-8,10-12H,3-6,9,17H2,1-2H3. The van der Waals surface area contributed by atoms with E-state index >= 15 is 0 Å². The van der Waals surface area contributed by atoms with Crippen molar-refractivity contribution in [1.82, 2.24) is 0 Å². The van der Waals surface area contributed by atoms with Crippen LogP contribution in [-0.4, -0.2) is 12.9 Å². The lowest BCUT2D eigenvalue weighted by atomic mass is 9.77. The SMILES string of the molecule is CCC1CCCC(C(=O)c2ccc(OC)cc2N)C1. The van der Waals surface area contributed by atoms with Crippen LogP contribution in [0.2, 0.25) is 0 Å². The minimum absolute atomic E-state index is 0.148. The van der Waals surface area contributed by atoms with E-state index in [1.807, 2.05) is 6.07 Å². The number of carbonyl (C=O) groups is 1. The van der Waals surface area contributed by atoms with Gasteiger partial charge < -0.3 is 10.5 Å². The van der Waals surface area contributed by atoms with E-state index in [0.717, 1.165) is 19.3 Å². The number of rotatable bonds is 4. The Balaban J connectivity index is 2.15. The Morgan fingerprint density at radius 2 is 2.21 bits per heavy atom. The number of hydrogen-bond acceptors (Lipinski definition) is 3. The van der Waals surface area contributed by atoms with Crippen molar-refractivity contribution in [2.45, 2.75) is 39.0 Å². The molecule has 0 amide bonds. The molecule has 2 atom stereocenters. The van der Waals surface area contributed by atoms with Gasteiger partial charge >= 0.3 is 0 Å². The fourth-order valence-corrected chi connectivity index (χ4v) is 3.01. The molecule has 2 N–H and O–H groups in total. The van der Waals surface area contributed by atoms with Gasteiger partial charge in [-0.05, 0) is 30.9 Å². The van der Waals surface area contributed by atoms with Crippen LogP contribution in [0.1, 0.15) is 49.4 Å². The highest BCUT2D eigenvalue weighted by Gasteiger charge is 2.28. The van der Waals surface area contributed by atoms with Gasteiger partial charge in [-0.15, -0.1) is 0 Å². The number of ketones is 1. The molecule has 0 heterocycles. The van der Waals surface area contributed by atoms with E-state index in [4.69, 9.17) is 10.5 Å². The van der Waals surface area contributed by atoms with Crippen molar-refractivity contribution in [1.29, 1.82) is 0 Å². The second-order valence-electron chi connectivity index (χ2n) is 5.46. The Kier molecular flexibility index (Phi) is 4.46. The number of methoxy groups -OCH3 is 1. The molecule has 3 nitrogen and oxygen atoms in total. The zero-order chi connectivity index (χ0) is 13.8. The smallest absolute Gasteiger partial charge is 0.168 e. The highest BCUT2D eigenvalue weighted by Crippen LogP contribution is 2.34. The molecule has 0 aliphatic heterocycles. The first-order valence-electron chi connectivity index (χ1n) is 7.13. The highest BCUT2D eigenvalue weighted by molar-refractivity contribution is 6.02. The third kappa shape index (κ3) is 3.09. The number of anilines is 1. The minimum atomic E-state index is 0.148.